The highest BCUT2D eigenvalue weighted by atomic mass is 127. The molecule has 3 N–H and O–H groups in total. The summed E-state index contributed by atoms with van der Waals surface area (Å²) in [4.78, 5) is 17.0. The van der Waals surface area contributed by atoms with E-state index in [1.54, 1.807) is 11.3 Å². The number of amides is 1. The van der Waals surface area contributed by atoms with Crippen molar-refractivity contribution in [2.75, 3.05) is 25.0 Å². The standard InChI is InChI=1S/C19H26N4OS.HI/c1-3-20-19(22-13-11-18-5-4-14-25-18)21-12-10-16-6-8-17(9-7-16)23-15(2)24;/h4-9,14H,3,10-13H2,1-2H3,(H,23,24)(H2,20,21,22);1H. The van der Waals surface area contributed by atoms with Crippen LogP contribution < -0.4 is 16.0 Å². The largest absolute Gasteiger partial charge is 0.357 e. The maximum atomic E-state index is 11.0. The molecule has 1 heterocycles. The van der Waals surface area contributed by atoms with Gasteiger partial charge in [-0.2, -0.15) is 0 Å². The number of thiophene rings is 1. The quantitative estimate of drug-likeness (QED) is 0.303. The summed E-state index contributed by atoms with van der Waals surface area (Å²) >= 11 is 1.77. The number of halogens is 1. The molecule has 26 heavy (non-hydrogen) atoms. The van der Waals surface area contributed by atoms with Gasteiger partial charge in [-0.15, -0.1) is 35.3 Å². The Hall–Kier alpha value is -1.61. The lowest BCUT2D eigenvalue weighted by Gasteiger charge is -2.11. The maximum Gasteiger partial charge on any atom is 0.221 e. The van der Waals surface area contributed by atoms with Gasteiger partial charge in [0.1, 0.15) is 0 Å². The molecule has 0 aliphatic rings. The molecule has 0 fully saturated rings. The number of hydrogen-bond donors (Lipinski definition) is 3. The van der Waals surface area contributed by atoms with Gasteiger partial charge in [0, 0.05) is 43.5 Å². The van der Waals surface area contributed by atoms with Crippen molar-refractivity contribution in [3.63, 3.8) is 0 Å². The van der Waals surface area contributed by atoms with Crippen molar-refractivity contribution in [1.82, 2.24) is 10.6 Å². The summed E-state index contributed by atoms with van der Waals surface area (Å²) < 4.78 is 0. The van der Waals surface area contributed by atoms with E-state index in [1.165, 1.54) is 17.4 Å². The van der Waals surface area contributed by atoms with E-state index in [4.69, 9.17) is 0 Å². The highest BCUT2D eigenvalue weighted by Crippen LogP contribution is 2.10. The van der Waals surface area contributed by atoms with Gasteiger partial charge in [-0.1, -0.05) is 18.2 Å². The van der Waals surface area contributed by atoms with Crippen LogP contribution in [0.1, 0.15) is 24.3 Å². The van der Waals surface area contributed by atoms with Crippen molar-refractivity contribution in [3.05, 3.63) is 52.2 Å². The Balaban J connectivity index is 0.00000338. The zero-order valence-electron chi connectivity index (χ0n) is 15.2. The van der Waals surface area contributed by atoms with E-state index in [9.17, 15) is 4.79 Å². The summed E-state index contributed by atoms with van der Waals surface area (Å²) in [6, 6.07) is 12.1. The molecule has 0 bridgehead atoms. The molecule has 0 aliphatic heterocycles. The van der Waals surface area contributed by atoms with Crippen LogP contribution in [-0.4, -0.2) is 31.5 Å². The van der Waals surface area contributed by atoms with Crippen LogP contribution in [-0.2, 0) is 17.6 Å². The van der Waals surface area contributed by atoms with Crippen LogP contribution in [0, 0.1) is 0 Å². The van der Waals surface area contributed by atoms with Crippen molar-refractivity contribution >= 4 is 52.9 Å². The molecular formula is C19H27IN4OS. The van der Waals surface area contributed by atoms with Crippen molar-refractivity contribution in [2.45, 2.75) is 26.7 Å². The highest BCUT2D eigenvalue weighted by molar-refractivity contribution is 14.0. The van der Waals surface area contributed by atoms with Gasteiger partial charge in [0.25, 0.3) is 0 Å². The fourth-order valence-electron chi connectivity index (χ4n) is 2.36. The van der Waals surface area contributed by atoms with Crippen LogP contribution in [0.15, 0.2) is 46.8 Å². The molecule has 5 nitrogen and oxygen atoms in total. The summed E-state index contributed by atoms with van der Waals surface area (Å²) in [5.74, 6) is 0.803. The minimum atomic E-state index is -0.0524. The van der Waals surface area contributed by atoms with Gasteiger partial charge >= 0.3 is 0 Å². The van der Waals surface area contributed by atoms with Crippen LogP contribution >= 0.6 is 35.3 Å². The summed E-state index contributed by atoms with van der Waals surface area (Å²) in [6.45, 7) is 6.01. The van der Waals surface area contributed by atoms with Crippen molar-refractivity contribution in [2.24, 2.45) is 4.99 Å². The summed E-state index contributed by atoms with van der Waals surface area (Å²) in [6.07, 6.45) is 1.87. The number of carbonyl (C=O) groups is 1. The molecule has 0 aliphatic carbocycles. The normalized spacial score (nSPS) is 10.8. The van der Waals surface area contributed by atoms with E-state index < -0.39 is 0 Å². The minimum absolute atomic E-state index is 0. The SMILES string of the molecule is CCNC(=NCCc1cccs1)NCCc1ccc(NC(C)=O)cc1.I. The molecule has 142 valence electrons. The molecule has 2 aromatic rings. The van der Waals surface area contributed by atoms with Gasteiger partial charge in [0.05, 0.1) is 0 Å². The van der Waals surface area contributed by atoms with E-state index in [0.717, 1.165) is 44.1 Å². The lowest BCUT2D eigenvalue weighted by molar-refractivity contribution is -0.114. The molecule has 0 atom stereocenters. The predicted octanol–water partition coefficient (Wildman–Crippen LogP) is 3.66. The third-order valence-electron chi connectivity index (χ3n) is 3.53. The number of nitrogens with one attached hydrogen (secondary N) is 3. The monoisotopic (exact) mass is 486 g/mol. The average Bonchev–Trinajstić information content (AvgIpc) is 3.09. The van der Waals surface area contributed by atoms with Gasteiger partial charge in [-0.25, -0.2) is 0 Å². The molecule has 0 radical (unpaired) electrons. The first kappa shape index (κ1) is 22.4. The van der Waals surface area contributed by atoms with E-state index >= 15 is 0 Å². The number of benzene rings is 1. The van der Waals surface area contributed by atoms with Gasteiger partial charge in [-0.05, 0) is 42.5 Å². The van der Waals surface area contributed by atoms with Gasteiger partial charge in [0.15, 0.2) is 5.96 Å². The zero-order chi connectivity index (χ0) is 17.9. The van der Waals surface area contributed by atoms with Crippen LogP contribution in [0.5, 0.6) is 0 Å². The predicted molar refractivity (Wildman–Crippen MR) is 122 cm³/mol. The second-order valence-electron chi connectivity index (χ2n) is 5.64. The molecule has 1 aromatic heterocycles. The topological polar surface area (TPSA) is 65.5 Å². The first-order valence-electron chi connectivity index (χ1n) is 8.58. The zero-order valence-corrected chi connectivity index (χ0v) is 18.4. The van der Waals surface area contributed by atoms with Crippen molar-refractivity contribution < 1.29 is 4.79 Å². The van der Waals surface area contributed by atoms with Crippen molar-refractivity contribution in [3.8, 4) is 0 Å². The molecule has 1 amide bonds. The van der Waals surface area contributed by atoms with Crippen LogP contribution in [0.4, 0.5) is 5.69 Å². The van der Waals surface area contributed by atoms with E-state index in [2.05, 4.69) is 45.4 Å². The molecule has 0 spiro atoms. The van der Waals surface area contributed by atoms with Crippen molar-refractivity contribution in [1.29, 1.82) is 0 Å². The average molecular weight is 486 g/mol. The molecular weight excluding hydrogens is 459 g/mol. The number of carbonyl (C=O) groups excluding carboxylic acids is 1. The number of nitrogens with zero attached hydrogens (tertiary/aromatic N) is 1. The van der Waals surface area contributed by atoms with Crippen LogP contribution in [0.3, 0.4) is 0 Å². The van der Waals surface area contributed by atoms with Gasteiger partial charge < -0.3 is 16.0 Å². The number of hydrogen-bond acceptors (Lipinski definition) is 3. The summed E-state index contributed by atoms with van der Waals surface area (Å²) in [7, 11) is 0. The van der Waals surface area contributed by atoms with Gasteiger partial charge in [-0.3, -0.25) is 9.79 Å². The Morgan fingerprint density at radius 3 is 2.50 bits per heavy atom. The second kappa shape index (κ2) is 12.7. The number of aliphatic imine (C=N–C) groups is 1. The fourth-order valence-corrected chi connectivity index (χ4v) is 3.06. The van der Waals surface area contributed by atoms with Gasteiger partial charge in [0.2, 0.25) is 5.91 Å². The molecule has 0 saturated carbocycles. The van der Waals surface area contributed by atoms with Crippen LogP contribution in [0.25, 0.3) is 0 Å². The Morgan fingerprint density at radius 2 is 1.88 bits per heavy atom. The fraction of sp³-hybridized carbons (Fsp3) is 0.368. The second-order valence-corrected chi connectivity index (χ2v) is 6.68. The third-order valence-corrected chi connectivity index (χ3v) is 4.47. The third kappa shape index (κ3) is 8.66. The Morgan fingerprint density at radius 1 is 1.12 bits per heavy atom. The number of anilines is 1. The summed E-state index contributed by atoms with van der Waals surface area (Å²) in [5, 5.41) is 11.5. The van der Waals surface area contributed by atoms with E-state index in [-0.39, 0.29) is 29.9 Å². The highest BCUT2D eigenvalue weighted by Gasteiger charge is 2.00. The smallest absolute Gasteiger partial charge is 0.221 e. The Kier molecular flexibility index (Phi) is 11.0. The summed E-state index contributed by atoms with van der Waals surface area (Å²) in [5.41, 5.74) is 2.05. The van der Waals surface area contributed by atoms with E-state index in [1.807, 2.05) is 24.3 Å². The Labute approximate surface area is 176 Å². The first-order chi connectivity index (χ1) is 12.2. The molecule has 1 aromatic carbocycles. The number of guanidine groups is 1. The van der Waals surface area contributed by atoms with Crippen LogP contribution in [0.2, 0.25) is 0 Å². The molecule has 2 rings (SSSR count). The molecule has 0 unspecified atom stereocenters. The number of rotatable bonds is 8. The molecule has 0 saturated heterocycles. The molecule has 7 heteroatoms. The lowest BCUT2D eigenvalue weighted by Crippen LogP contribution is -2.38. The minimum Gasteiger partial charge on any atom is -0.357 e. The Bertz CT molecular complexity index is 671. The lowest BCUT2D eigenvalue weighted by atomic mass is 10.1. The van der Waals surface area contributed by atoms with E-state index in [0.29, 0.717) is 0 Å². The maximum absolute atomic E-state index is 11.0. The first-order valence-corrected chi connectivity index (χ1v) is 9.46.